The molecule has 0 aliphatic carbocycles. The first kappa shape index (κ1) is 16.0. The molecule has 0 bridgehead atoms. The summed E-state index contributed by atoms with van der Waals surface area (Å²) in [4.78, 5) is 25.9. The highest BCUT2D eigenvalue weighted by Crippen LogP contribution is 2.06. The number of nitrogens with zero attached hydrogens (tertiary/aromatic N) is 2. The third kappa shape index (κ3) is 4.33. The van der Waals surface area contributed by atoms with Gasteiger partial charge >= 0.3 is 0 Å². The standard InChI is InChI=1S/C16H21N3O3/c1-12-4-6-14(22-12)10-17-16(21)13-5-7-15(20)19(11-13)9-8-18(2)3/h4-7,11H,8-10H2,1-3H3,(H,17,21). The summed E-state index contributed by atoms with van der Waals surface area (Å²) in [5, 5.41) is 2.78. The van der Waals surface area contributed by atoms with Gasteiger partial charge in [-0.05, 0) is 39.2 Å². The van der Waals surface area contributed by atoms with E-state index in [1.807, 2.05) is 38.1 Å². The average molecular weight is 303 g/mol. The van der Waals surface area contributed by atoms with Crippen LogP contribution in [0.1, 0.15) is 21.9 Å². The van der Waals surface area contributed by atoms with E-state index in [1.54, 1.807) is 10.8 Å². The number of carbonyl (C=O) groups is 1. The summed E-state index contributed by atoms with van der Waals surface area (Å²) in [6.07, 6.45) is 1.59. The average Bonchev–Trinajstić information content (AvgIpc) is 2.89. The first-order valence-electron chi connectivity index (χ1n) is 7.14. The third-order valence-electron chi connectivity index (χ3n) is 3.25. The van der Waals surface area contributed by atoms with Crippen LogP contribution in [0.25, 0.3) is 0 Å². The molecule has 2 aromatic rings. The van der Waals surface area contributed by atoms with Crippen molar-refractivity contribution in [1.29, 1.82) is 0 Å². The van der Waals surface area contributed by atoms with Gasteiger partial charge in [0.2, 0.25) is 0 Å². The van der Waals surface area contributed by atoms with Crippen molar-refractivity contribution in [3.8, 4) is 0 Å². The first-order chi connectivity index (χ1) is 10.5. The van der Waals surface area contributed by atoms with Crippen LogP contribution in [-0.2, 0) is 13.1 Å². The van der Waals surface area contributed by atoms with Gasteiger partial charge in [0, 0.05) is 25.4 Å². The molecule has 0 saturated carbocycles. The zero-order valence-electron chi connectivity index (χ0n) is 13.1. The number of carbonyl (C=O) groups excluding carboxylic acids is 1. The van der Waals surface area contributed by atoms with E-state index in [2.05, 4.69) is 5.32 Å². The zero-order chi connectivity index (χ0) is 16.1. The van der Waals surface area contributed by atoms with E-state index in [1.165, 1.54) is 12.1 Å². The second-order valence-electron chi connectivity index (χ2n) is 5.45. The molecule has 0 aliphatic heterocycles. The summed E-state index contributed by atoms with van der Waals surface area (Å²) in [6, 6.07) is 6.63. The van der Waals surface area contributed by atoms with Gasteiger partial charge in [0.15, 0.2) is 0 Å². The molecule has 0 spiro atoms. The van der Waals surface area contributed by atoms with Gasteiger partial charge in [-0.25, -0.2) is 0 Å². The molecule has 2 rings (SSSR count). The molecule has 6 heteroatoms. The molecule has 2 aromatic heterocycles. The second kappa shape index (κ2) is 7.09. The molecule has 22 heavy (non-hydrogen) atoms. The Labute approximate surface area is 129 Å². The highest BCUT2D eigenvalue weighted by Gasteiger charge is 2.09. The first-order valence-corrected chi connectivity index (χ1v) is 7.14. The number of nitrogens with one attached hydrogen (secondary N) is 1. The van der Waals surface area contributed by atoms with Gasteiger partial charge in [-0.3, -0.25) is 9.59 Å². The van der Waals surface area contributed by atoms with Crippen LogP contribution in [0, 0.1) is 6.92 Å². The van der Waals surface area contributed by atoms with E-state index in [-0.39, 0.29) is 11.5 Å². The normalized spacial score (nSPS) is 10.9. The predicted molar refractivity (Wildman–Crippen MR) is 83.9 cm³/mol. The van der Waals surface area contributed by atoms with Crippen molar-refractivity contribution in [2.45, 2.75) is 20.0 Å². The molecule has 0 unspecified atom stereocenters. The smallest absolute Gasteiger partial charge is 0.253 e. The van der Waals surface area contributed by atoms with Gasteiger partial charge in [-0.2, -0.15) is 0 Å². The number of hydrogen-bond acceptors (Lipinski definition) is 4. The van der Waals surface area contributed by atoms with Crippen LogP contribution in [0.5, 0.6) is 0 Å². The van der Waals surface area contributed by atoms with Crippen molar-refractivity contribution >= 4 is 5.91 Å². The lowest BCUT2D eigenvalue weighted by Crippen LogP contribution is -2.29. The zero-order valence-corrected chi connectivity index (χ0v) is 13.1. The lowest BCUT2D eigenvalue weighted by Gasteiger charge is -2.12. The Kier molecular flexibility index (Phi) is 5.16. The summed E-state index contributed by atoms with van der Waals surface area (Å²) < 4.78 is 6.95. The molecule has 0 aromatic carbocycles. The molecular formula is C16H21N3O3. The second-order valence-corrected chi connectivity index (χ2v) is 5.45. The fourth-order valence-electron chi connectivity index (χ4n) is 2.00. The van der Waals surface area contributed by atoms with Crippen molar-refractivity contribution in [3.63, 3.8) is 0 Å². The Bertz CT molecular complexity index is 701. The number of aromatic nitrogens is 1. The van der Waals surface area contributed by atoms with Gasteiger partial charge in [-0.1, -0.05) is 0 Å². The van der Waals surface area contributed by atoms with Crippen LogP contribution in [0.15, 0.2) is 39.7 Å². The molecule has 0 radical (unpaired) electrons. The lowest BCUT2D eigenvalue weighted by molar-refractivity contribution is 0.0947. The number of amides is 1. The minimum absolute atomic E-state index is 0.111. The van der Waals surface area contributed by atoms with Gasteiger partial charge in [0.1, 0.15) is 11.5 Å². The van der Waals surface area contributed by atoms with Gasteiger partial charge < -0.3 is 19.2 Å². The molecule has 2 heterocycles. The van der Waals surface area contributed by atoms with Crippen molar-refractivity contribution < 1.29 is 9.21 Å². The van der Waals surface area contributed by atoms with Crippen LogP contribution < -0.4 is 10.9 Å². The minimum atomic E-state index is -0.229. The van der Waals surface area contributed by atoms with Crippen LogP contribution in [-0.4, -0.2) is 36.0 Å². The van der Waals surface area contributed by atoms with Crippen molar-refractivity contribution in [1.82, 2.24) is 14.8 Å². The van der Waals surface area contributed by atoms with Crippen molar-refractivity contribution in [2.24, 2.45) is 0 Å². The van der Waals surface area contributed by atoms with Crippen LogP contribution in [0.3, 0.4) is 0 Å². The Morgan fingerprint density at radius 1 is 1.27 bits per heavy atom. The molecule has 1 amide bonds. The van der Waals surface area contributed by atoms with Crippen LogP contribution in [0.4, 0.5) is 0 Å². The summed E-state index contributed by atoms with van der Waals surface area (Å²) >= 11 is 0. The molecule has 0 fully saturated rings. The van der Waals surface area contributed by atoms with Crippen molar-refractivity contribution in [2.75, 3.05) is 20.6 Å². The third-order valence-corrected chi connectivity index (χ3v) is 3.25. The SMILES string of the molecule is Cc1ccc(CNC(=O)c2ccc(=O)n(CCN(C)C)c2)o1. The summed E-state index contributed by atoms with van der Waals surface area (Å²) in [5.74, 6) is 1.28. The Morgan fingerprint density at radius 3 is 2.68 bits per heavy atom. The summed E-state index contributed by atoms with van der Waals surface area (Å²) in [6.45, 7) is 3.45. The van der Waals surface area contributed by atoms with Crippen molar-refractivity contribution in [3.05, 3.63) is 57.9 Å². The lowest BCUT2D eigenvalue weighted by atomic mass is 10.2. The summed E-state index contributed by atoms with van der Waals surface area (Å²) in [7, 11) is 3.87. The number of furan rings is 1. The Morgan fingerprint density at radius 2 is 2.05 bits per heavy atom. The van der Waals surface area contributed by atoms with E-state index in [0.29, 0.717) is 24.4 Å². The highest BCUT2D eigenvalue weighted by molar-refractivity contribution is 5.93. The Hall–Kier alpha value is -2.34. The maximum Gasteiger partial charge on any atom is 0.253 e. The predicted octanol–water partition coefficient (Wildman–Crippen LogP) is 1.24. The van der Waals surface area contributed by atoms with E-state index < -0.39 is 0 Å². The highest BCUT2D eigenvalue weighted by atomic mass is 16.3. The molecular weight excluding hydrogens is 282 g/mol. The topological polar surface area (TPSA) is 67.5 Å². The van der Waals surface area contributed by atoms with E-state index in [0.717, 1.165) is 12.3 Å². The monoisotopic (exact) mass is 303 g/mol. The van der Waals surface area contributed by atoms with E-state index >= 15 is 0 Å². The maximum atomic E-state index is 12.1. The number of aryl methyl sites for hydroxylation is 1. The fourth-order valence-corrected chi connectivity index (χ4v) is 2.00. The molecule has 0 atom stereocenters. The van der Waals surface area contributed by atoms with Gasteiger partial charge in [0.05, 0.1) is 12.1 Å². The number of likely N-dealkylation sites (N-methyl/N-ethyl adjacent to an activating group) is 1. The number of rotatable bonds is 6. The van der Waals surface area contributed by atoms with Crippen LogP contribution in [0.2, 0.25) is 0 Å². The fraction of sp³-hybridized carbons (Fsp3) is 0.375. The van der Waals surface area contributed by atoms with Gasteiger partial charge in [-0.15, -0.1) is 0 Å². The van der Waals surface area contributed by atoms with Gasteiger partial charge in [0.25, 0.3) is 11.5 Å². The number of hydrogen-bond donors (Lipinski definition) is 1. The molecule has 118 valence electrons. The molecule has 0 aliphatic rings. The quantitative estimate of drug-likeness (QED) is 0.872. The molecule has 6 nitrogen and oxygen atoms in total. The molecule has 1 N–H and O–H groups in total. The van der Waals surface area contributed by atoms with Crippen LogP contribution >= 0.6 is 0 Å². The van der Waals surface area contributed by atoms with E-state index in [4.69, 9.17) is 4.42 Å². The van der Waals surface area contributed by atoms with E-state index in [9.17, 15) is 9.59 Å². The molecule has 0 saturated heterocycles. The Balaban J connectivity index is 2.02. The summed E-state index contributed by atoms with van der Waals surface area (Å²) in [5.41, 5.74) is 0.349. The largest absolute Gasteiger partial charge is 0.465 e. The maximum absolute atomic E-state index is 12.1. The number of pyridine rings is 1. The minimum Gasteiger partial charge on any atom is -0.465 e.